The zero-order valence-electron chi connectivity index (χ0n) is 14.5. The van der Waals surface area contributed by atoms with Gasteiger partial charge in [0.2, 0.25) is 0 Å². The van der Waals surface area contributed by atoms with Gasteiger partial charge in [0, 0.05) is 5.56 Å². The second kappa shape index (κ2) is 8.06. The van der Waals surface area contributed by atoms with Crippen LogP contribution in [0.4, 0.5) is 0 Å². The monoisotopic (exact) mass is 341 g/mol. The van der Waals surface area contributed by atoms with Crippen molar-refractivity contribution in [2.75, 3.05) is 28.4 Å². The average Bonchev–Trinajstić information content (AvgIpc) is 2.67. The number of hydrogen-bond donors (Lipinski definition) is 0. The molecule has 2 rings (SSSR count). The van der Waals surface area contributed by atoms with Crippen LogP contribution in [0.25, 0.3) is 0 Å². The van der Waals surface area contributed by atoms with E-state index in [1.54, 1.807) is 36.4 Å². The maximum Gasteiger partial charge on any atom is 0.184 e. The fourth-order valence-corrected chi connectivity index (χ4v) is 2.47. The highest BCUT2D eigenvalue weighted by atomic mass is 16.5. The van der Waals surface area contributed by atoms with Gasteiger partial charge in [0.05, 0.1) is 34.5 Å². The number of Topliss-reactive ketones (excluding diaryl/α,β-unsaturated/α-hetero) is 1. The van der Waals surface area contributed by atoms with Crippen LogP contribution in [-0.4, -0.2) is 34.2 Å². The largest absolute Gasteiger partial charge is 0.493 e. The Bertz CT molecular complexity index is 810. The first-order chi connectivity index (χ1) is 12.1. The van der Waals surface area contributed by atoms with Crippen LogP contribution >= 0.6 is 0 Å². The SMILES string of the molecule is COc1ccc(C(=O)C(C#N)c2ccc(OC)c(OC)c2)cc1OC. The zero-order chi connectivity index (χ0) is 18.4. The maximum atomic E-state index is 12.8. The zero-order valence-corrected chi connectivity index (χ0v) is 14.5. The van der Waals surface area contributed by atoms with Crippen LogP contribution < -0.4 is 18.9 Å². The van der Waals surface area contributed by atoms with E-state index < -0.39 is 5.92 Å². The predicted octanol–water partition coefficient (Wildman–Crippen LogP) is 3.21. The minimum absolute atomic E-state index is 0.337. The van der Waals surface area contributed by atoms with Crippen molar-refractivity contribution in [2.24, 2.45) is 0 Å². The minimum Gasteiger partial charge on any atom is -0.493 e. The second-order valence-electron chi connectivity index (χ2n) is 5.11. The summed E-state index contributed by atoms with van der Waals surface area (Å²) < 4.78 is 20.8. The fourth-order valence-electron chi connectivity index (χ4n) is 2.47. The Labute approximate surface area is 146 Å². The smallest absolute Gasteiger partial charge is 0.184 e. The van der Waals surface area contributed by atoms with Gasteiger partial charge in [-0.2, -0.15) is 5.26 Å². The second-order valence-corrected chi connectivity index (χ2v) is 5.11. The van der Waals surface area contributed by atoms with E-state index in [0.29, 0.717) is 34.1 Å². The van der Waals surface area contributed by atoms with Crippen LogP contribution in [0.5, 0.6) is 23.0 Å². The molecular weight excluding hydrogens is 322 g/mol. The molecular formula is C19H19NO5. The van der Waals surface area contributed by atoms with E-state index in [0.717, 1.165) is 0 Å². The van der Waals surface area contributed by atoms with Gasteiger partial charge in [0.1, 0.15) is 5.92 Å². The molecule has 0 radical (unpaired) electrons. The van der Waals surface area contributed by atoms with E-state index in [4.69, 9.17) is 18.9 Å². The van der Waals surface area contributed by atoms with Crippen LogP contribution in [-0.2, 0) is 0 Å². The summed E-state index contributed by atoms with van der Waals surface area (Å²) in [6.45, 7) is 0. The molecule has 0 aliphatic carbocycles. The first-order valence-corrected chi connectivity index (χ1v) is 7.47. The Morgan fingerprint density at radius 2 is 1.36 bits per heavy atom. The Balaban J connectivity index is 2.41. The van der Waals surface area contributed by atoms with Crippen molar-refractivity contribution in [2.45, 2.75) is 5.92 Å². The van der Waals surface area contributed by atoms with Gasteiger partial charge in [-0.1, -0.05) is 6.07 Å². The minimum atomic E-state index is -0.974. The van der Waals surface area contributed by atoms with Gasteiger partial charge in [-0.05, 0) is 35.9 Å². The molecule has 25 heavy (non-hydrogen) atoms. The molecule has 0 aliphatic heterocycles. The maximum absolute atomic E-state index is 12.8. The lowest BCUT2D eigenvalue weighted by Crippen LogP contribution is -2.12. The van der Waals surface area contributed by atoms with Crippen molar-refractivity contribution in [1.29, 1.82) is 5.26 Å². The summed E-state index contributed by atoms with van der Waals surface area (Å²) in [5.41, 5.74) is 0.888. The van der Waals surface area contributed by atoms with E-state index in [1.165, 1.54) is 28.4 Å². The number of rotatable bonds is 7. The van der Waals surface area contributed by atoms with E-state index in [-0.39, 0.29) is 5.78 Å². The number of nitriles is 1. The molecule has 0 bridgehead atoms. The number of benzene rings is 2. The molecule has 0 aromatic heterocycles. The van der Waals surface area contributed by atoms with E-state index in [2.05, 4.69) is 6.07 Å². The summed E-state index contributed by atoms with van der Waals surface area (Å²) in [6.07, 6.45) is 0. The van der Waals surface area contributed by atoms with Crippen LogP contribution in [0.15, 0.2) is 36.4 Å². The molecule has 2 aromatic rings. The molecule has 6 nitrogen and oxygen atoms in total. The van der Waals surface area contributed by atoms with Crippen molar-refractivity contribution in [3.05, 3.63) is 47.5 Å². The van der Waals surface area contributed by atoms with Gasteiger partial charge in [-0.25, -0.2) is 0 Å². The molecule has 130 valence electrons. The summed E-state index contributed by atoms with van der Waals surface area (Å²) in [5, 5.41) is 9.53. The van der Waals surface area contributed by atoms with Crippen molar-refractivity contribution < 1.29 is 23.7 Å². The molecule has 0 N–H and O–H groups in total. The third-order valence-electron chi connectivity index (χ3n) is 3.80. The summed E-state index contributed by atoms with van der Waals surface area (Å²) >= 11 is 0. The lowest BCUT2D eigenvalue weighted by atomic mass is 9.91. The number of nitrogens with zero attached hydrogens (tertiary/aromatic N) is 1. The first-order valence-electron chi connectivity index (χ1n) is 7.47. The number of carbonyl (C=O) groups is 1. The van der Waals surface area contributed by atoms with Crippen LogP contribution in [0.2, 0.25) is 0 Å². The van der Waals surface area contributed by atoms with Gasteiger partial charge in [0.25, 0.3) is 0 Å². The average molecular weight is 341 g/mol. The quantitative estimate of drug-likeness (QED) is 0.720. The molecule has 0 heterocycles. The molecule has 0 saturated heterocycles. The highest BCUT2D eigenvalue weighted by Crippen LogP contribution is 2.33. The van der Waals surface area contributed by atoms with Gasteiger partial charge < -0.3 is 18.9 Å². The fraction of sp³-hybridized carbons (Fsp3) is 0.263. The van der Waals surface area contributed by atoms with Crippen molar-refractivity contribution >= 4 is 5.78 Å². The molecule has 0 spiro atoms. The van der Waals surface area contributed by atoms with E-state index in [1.807, 2.05) is 0 Å². The Kier molecular flexibility index (Phi) is 5.85. The van der Waals surface area contributed by atoms with Crippen molar-refractivity contribution in [3.63, 3.8) is 0 Å². The summed E-state index contributed by atoms with van der Waals surface area (Å²) in [6, 6.07) is 11.8. The van der Waals surface area contributed by atoms with E-state index >= 15 is 0 Å². The van der Waals surface area contributed by atoms with Gasteiger partial charge in [0.15, 0.2) is 28.8 Å². The molecule has 0 aliphatic rings. The van der Waals surface area contributed by atoms with Gasteiger partial charge in [-0.3, -0.25) is 4.79 Å². The molecule has 1 unspecified atom stereocenters. The normalized spacial score (nSPS) is 11.2. The summed E-state index contributed by atoms with van der Waals surface area (Å²) in [4.78, 5) is 12.8. The van der Waals surface area contributed by atoms with Gasteiger partial charge in [-0.15, -0.1) is 0 Å². The number of ketones is 1. The van der Waals surface area contributed by atoms with Crippen LogP contribution in [0, 0.1) is 11.3 Å². The Morgan fingerprint density at radius 1 is 0.840 bits per heavy atom. The van der Waals surface area contributed by atoms with Crippen molar-refractivity contribution in [1.82, 2.24) is 0 Å². The third-order valence-corrected chi connectivity index (χ3v) is 3.80. The number of ether oxygens (including phenoxy) is 4. The number of hydrogen-bond acceptors (Lipinski definition) is 6. The standard InChI is InChI=1S/C19H19NO5/c1-22-15-7-5-12(9-17(15)24-3)14(11-20)19(21)13-6-8-16(23-2)18(10-13)25-4/h5-10,14H,1-4H3. The molecule has 0 fully saturated rings. The summed E-state index contributed by atoms with van der Waals surface area (Å²) in [5.74, 6) is 0.617. The van der Waals surface area contributed by atoms with Crippen molar-refractivity contribution in [3.8, 4) is 29.1 Å². The molecule has 2 aromatic carbocycles. The highest BCUT2D eigenvalue weighted by Gasteiger charge is 2.24. The first kappa shape index (κ1) is 18.1. The highest BCUT2D eigenvalue weighted by molar-refractivity contribution is 6.03. The molecule has 1 atom stereocenters. The lowest BCUT2D eigenvalue weighted by molar-refractivity contribution is 0.0978. The number of carbonyl (C=O) groups excluding carboxylic acids is 1. The Morgan fingerprint density at radius 3 is 1.88 bits per heavy atom. The van der Waals surface area contributed by atoms with Crippen LogP contribution in [0.3, 0.4) is 0 Å². The predicted molar refractivity (Wildman–Crippen MR) is 91.8 cm³/mol. The van der Waals surface area contributed by atoms with Gasteiger partial charge >= 0.3 is 0 Å². The van der Waals surface area contributed by atoms with Crippen LogP contribution in [0.1, 0.15) is 21.8 Å². The lowest BCUT2D eigenvalue weighted by Gasteiger charge is -2.14. The summed E-state index contributed by atoms with van der Waals surface area (Å²) in [7, 11) is 6.02. The molecule has 0 amide bonds. The molecule has 6 heteroatoms. The molecule has 0 saturated carbocycles. The third kappa shape index (κ3) is 3.66. The number of methoxy groups -OCH3 is 4. The van der Waals surface area contributed by atoms with E-state index in [9.17, 15) is 10.1 Å². The topological polar surface area (TPSA) is 77.8 Å². The Hall–Kier alpha value is -3.20.